The van der Waals surface area contributed by atoms with Crippen molar-refractivity contribution in [3.8, 4) is 5.75 Å². The summed E-state index contributed by atoms with van der Waals surface area (Å²) in [5.74, 6) is 0.874. The fourth-order valence-corrected chi connectivity index (χ4v) is 2.93. The molecule has 5 nitrogen and oxygen atoms in total. The summed E-state index contributed by atoms with van der Waals surface area (Å²) in [7, 11) is 1.63. The van der Waals surface area contributed by atoms with Crippen LogP contribution in [0.25, 0.3) is 0 Å². The minimum atomic E-state index is 0.103. The minimum Gasteiger partial charge on any atom is -0.497 e. The average Bonchev–Trinajstić information content (AvgIpc) is 2.67. The molecule has 2 heterocycles. The molecule has 1 aromatic carbocycles. The van der Waals surface area contributed by atoms with E-state index >= 15 is 0 Å². The third-order valence-electron chi connectivity index (χ3n) is 4.46. The second-order valence-electron chi connectivity index (χ2n) is 5.97. The van der Waals surface area contributed by atoms with Gasteiger partial charge in [-0.2, -0.15) is 0 Å². The molecule has 0 radical (unpaired) electrons. The number of benzene rings is 1. The van der Waals surface area contributed by atoms with Crippen LogP contribution in [0.3, 0.4) is 0 Å². The summed E-state index contributed by atoms with van der Waals surface area (Å²) < 4.78 is 5.14. The van der Waals surface area contributed by atoms with Crippen molar-refractivity contribution in [1.82, 2.24) is 14.8 Å². The summed E-state index contributed by atoms with van der Waals surface area (Å²) in [6, 6.07) is 11.4. The van der Waals surface area contributed by atoms with E-state index in [1.807, 2.05) is 41.6 Å². The summed E-state index contributed by atoms with van der Waals surface area (Å²) in [6.07, 6.45) is 4.69. The van der Waals surface area contributed by atoms with Gasteiger partial charge in [0.1, 0.15) is 5.75 Å². The van der Waals surface area contributed by atoms with Gasteiger partial charge in [-0.05, 0) is 48.4 Å². The summed E-state index contributed by atoms with van der Waals surface area (Å²) >= 11 is 0. The minimum absolute atomic E-state index is 0.103. The van der Waals surface area contributed by atoms with E-state index < -0.39 is 0 Å². The van der Waals surface area contributed by atoms with Crippen molar-refractivity contribution in [3.63, 3.8) is 0 Å². The quantitative estimate of drug-likeness (QED) is 0.844. The second-order valence-corrected chi connectivity index (χ2v) is 5.97. The van der Waals surface area contributed by atoms with Gasteiger partial charge in [0.05, 0.1) is 7.11 Å². The number of aromatic nitrogens is 1. The van der Waals surface area contributed by atoms with E-state index in [9.17, 15) is 4.79 Å². The van der Waals surface area contributed by atoms with Gasteiger partial charge in [-0.15, -0.1) is 0 Å². The lowest BCUT2D eigenvalue weighted by Gasteiger charge is -2.34. The van der Waals surface area contributed by atoms with Gasteiger partial charge < -0.3 is 9.64 Å². The third kappa shape index (κ3) is 4.11. The maximum absolute atomic E-state index is 12.5. The van der Waals surface area contributed by atoms with Crippen LogP contribution in [0, 0.1) is 0 Å². The zero-order valence-electron chi connectivity index (χ0n) is 14.0. The lowest BCUT2D eigenvalue weighted by Crippen LogP contribution is -2.49. The molecule has 1 amide bonds. The van der Waals surface area contributed by atoms with E-state index in [2.05, 4.69) is 22.0 Å². The summed E-state index contributed by atoms with van der Waals surface area (Å²) in [4.78, 5) is 20.9. The first-order chi connectivity index (χ1) is 11.8. The Labute approximate surface area is 142 Å². The zero-order valence-corrected chi connectivity index (χ0v) is 14.0. The number of pyridine rings is 1. The Hall–Kier alpha value is -2.40. The van der Waals surface area contributed by atoms with Gasteiger partial charge in [-0.25, -0.2) is 0 Å². The van der Waals surface area contributed by atoms with Crippen LogP contribution >= 0.6 is 0 Å². The highest BCUT2D eigenvalue weighted by Crippen LogP contribution is 2.14. The average molecular weight is 325 g/mol. The van der Waals surface area contributed by atoms with Crippen LogP contribution < -0.4 is 4.74 Å². The molecule has 2 aromatic rings. The molecule has 1 saturated heterocycles. The Morgan fingerprint density at radius 3 is 2.33 bits per heavy atom. The van der Waals surface area contributed by atoms with Crippen molar-refractivity contribution >= 4 is 5.91 Å². The highest BCUT2D eigenvalue weighted by molar-refractivity contribution is 5.94. The van der Waals surface area contributed by atoms with Gasteiger partial charge in [0.2, 0.25) is 0 Å². The smallest absolute Gasteiger partial charge is 0.253 e. The number of hydrogen-bond acceptors (Lipinski definition) is 4. The van der Waals surface area contributed by atoms with Crippen LogP contribution in [-0.2, 0) is 6.42 Å². The zero-order chi connectivity index (χ0) is 16.8. The molecule has 5 heteroatoms. The fourth-order valence-electron chi connectivity index (χ4n) is 2.93. The Bertz CT molecular complexity index is 650. The molecule has 1 aliphatic rings. The first-order valence-electron chi connectivity index (χ1n) is 8.31. The fraction of sp³-hybridized carbons (Fsp3) is 0.368. The van der Waals surface area contributed by atoms with E-state index in [0.29, 0.717) is 0 Å². The summed E-state index contributed by atoms with van der Waals surface area (Å²) in [5.41, 5.74) is 2.03. The topological polar surface area (TPSA) is 45.7 Å². The first-order valence-corrected chi connectivity index (χ1v) is 8.31. The molecule has 24 heavy (non-hydrogen) atoms. The van der Waals surface area contributed by atoms with Gasteiger partial charge in [0.15, 0.2) is 0 Å². The molecule has 1 aliphatic heterocycles. The number of ether oxygens (including phenoxy) is 1. The number of nitrogens with zero attached hydrogens (tertiary/aromatic N) is 3. The van der Waals surface area contributed by atoms with Crippen molar-refractivity contribution in [2.75, 3.05) is 39.8 Å². The molecular formula is C19H23N3O2. The Kier molecular flexibility index (Phi) is 5.43. The molecule has 0 bridgehead atoms. The molecule has 3 rings (SSSR count). The monoisotopic (exact) mass is 325 g/mol. The van der Waals surface area contributed by atoms with E-state index in [1.165, 1.54) is 5.56 Å². The van der Waals surface area contributed by atoms with Crippen molar-refractivity contribution in [2.45, 2.75) is 6.42 Å². The van der Waals surface area contributed by atoms with Crippen LogP contribution in [0.1, 0.15) is 15.9 Å². The number of amides is 1. The van der Waals surface area contributed by atoms with Crippen molar-refractivity contribution in [2.24, 2.45) is 0 Å². The van der Waals surface area contributed by atoms with Gasteiger partial charge in [-0.3, -0.25) is 14.7 Å². The van der Waals surface area contributed by atoms with Crippen LogP contribution in [0.2, 0.25) is 0 Å². The van der Waals surface area contributed by atoms with Crippen molar-refractivity contribution < 1.29 is 9.53 Å². The van der Waals surface area contributed by atoms with Crippen LogP contribution in [-0.4, -0.2) is 60.5 Å². The molecule has 0 atom stereocenters. The van der Waals surface area contributed by atoms with E-state index in [0.717, 1.165) is 50.5 Å². The number of rotatable bonds is 5. The Morgan fingerprint density at radius 2 is 1.71 bits per heavy atom. The molecule has 0 saturated carbocycles. The number of piperazine rings is 1. The lowest BCUT2D eigenvalue weighted by molar-refractivity contribution is 0.0638. The van der Waals surface area contributed by atoms with Crippen molar-refractivity contribution in [3.05, 3.63) is 59.9 Å². The van der Waals surface area contributed by atoms with E-state index in [-0.39, 0.29) is 5.91 Å². The first kappa shape index (κ1) is 16.5. The van der Waals surface area contributed by atoms with E-state index in [1.54, 1.807) is 7.11 Å². The van der Waals surface area contributed by atoms with Gasteiger partial charge in [0.25, 0.3) is 5.91 Å². The molecule has 1 aromatic heterocycles. The number of carbonyl (C=O) groups excluding carboxylic acids is 1. The van der Waals surface area contributed by atoms with Gasteiger partial charge in [0, 0.05) is 50.7 Å². The van der Waals surface area contributed by atoms with Crippen LogP contribution in [0.5, 0.6) is 5.75 Å². The van der Waals surface area contributed by atoms with Gasteiger partial charge in [-0.1, -0.05) is 0 Å². The predicted octanol–water partition coefficient (Wildman–Crippen LogP) is 2.09. The SMILES string of the molecule is COc1ccc(C(=O)N2CCN(CCc3ccncc3)CC2)cc1. The second kappa shape index (κ2) is 7.93. The normalized spacial score (nSPS) is 15.3. The highest BCUT2D eigenvalue weighted by atomic mass is 16.5. The van der Waals surface area contributed by atoms with Crippen LogP contribution in [0.15, 0.2) is 48.8 Å². The van der Waals surface area contributed by atoms with E-state index in [4.69, 9.17) is 4.74 Å². The molecular weight excluding hydrogens is 302 g/mol. The molecule has 1 fully saturated rings. The maximum atomic E-state index is 12.5. The molecule has 0 aliphatic carbocycles. The van der Waals surface area contributed by atoms with Crippen molar-refractivity contribution in [1.29, 1.82) is 0 Å². The number of hydrogen-bond donors (Lipinski definition) is 0. The Morgan fingerprint density at radius 1 is 1.04 bits per heavy atom. The molecule has 0 unspecified atom stereocenters. The maximum Gasteiger partial charge on any atom is 0.253 e. The van der Waals surface area contributed by atoms with Crippen LogP contribution in [0.4, 0.5) is 0 Å². The third-order valence-corrected chi connectivity index (χ3v) is 4.46. The molecule has 0 N–H and O–H groups in total. The molecule has 0 spiro atoms. The summed E-state index contributed by atoms with van der Waals surface area (Å²) in [5, 5.41) is 0. The molecule has 126 valence electrons. The summed E-state index contributed by atoms with van der Waals surface area (Å²) in [6.45, 7) is 4.43. The lowest BCUT2D eigenvalue weighted by atomic mass is 10.1. The number of methoxy groups -OCH3 is 1. The standard InChI is InChI=1S/C19H23N3O2/c1-24-18-4-2-17(3-5-18)19(23)22-14-12-21(13-15-22)11-8-16-6-9-20-10-7-16/h2-7,9-10H,8,11-15H2,1H3. The Balaban J connectivity index is 1.48. The highest BCUT2D eigenvalue weighted by Gasteiger charge is 2.21. The van der Waals surface area contributed by atoms with Gasteiger partial charge >= 0.3 is 0 Å². The predicted molar refractivity (Wildman–Crippen MR) is 93.3 cm³/mol. The largest absolute Gasteiger partial charge is 0.497 e. The number of carbonyl (C=O) groups is 1.